The molecule has 0 bridgehead atoms. The molecule has 2 N–H and O–H groups in total. The number of aromatic nitrogens is 4. The molecule has 0 aliphatic rings. The summed E-state index contributed by atoms with van der Waals surface area (Å²) in [7, 11) is 1.82. The van der Waals surface area contributed by atoms with Crippen molar-refractivity contribution in [1.82, 2.24) is 19.7 Å². The van der Waals surface area contributed by atoms with Crippen LogP contribution in [0.4, 0.5) is 0 Å². The van der Waals surface area contributed by atoms with Gasteiger partial charge < -0.3 is 10.5 Å². The van der Waals surface area contributed by atoms with Crippen LogP contribution in [0.15, 0.2) is 12.5 Å². The fourth-order valence-electron chi connectivity index (χ4n) is 1.21. The molecule has 74 valence electrons. The molecule has 0 unspecified atom stereocenters. The maximum Gasteiger partial charge on any atom is 0.227 e. The molecule has 0 atom stereocenters. The van der Waals surface area contributed by atoms with E-state index in [1.807, 2.05) is 7.05 Å². The molecule has 6 nitrogen and oxygen atoms in total. The largest absolute Gasteiger partial charge is 0.476 e. The van der Waals surface area contributed by atoms with Gasteiger partial charge in [-0.05, 0) is 0 Å². The second kappa shape index (κ2) is 3.59. The first-order valence-electron chi connectivity index (χ1n) is 4.28. The molecule has 0 spiro atoms. The smallest absolute Gasteiger partial charge is 0.227 e. The first kappa shape index (κ1) is 8.89. The minimum atomic E-state index is 0.445. The second-order valence-corrected chi connectivity index (χ2v) is 2.82. The Hall–Kier alpha value is -1.69. The molecule has 0 aliphatic carbocycles. The number of fused-ring (bicyclic) bond motifs is 1. The Morgan fingerprint density at radius 1 is 1.50 bits per heavy atom. The number of nitrogens with two attached hydrogens (primary N) is 1. The van der Waals surface area contributed by atoms with Crippen LogP contribution in [0.1, 0.15) is 0 Å². The summed E-state index contributed by atoms with van der Waals surface area (Å²) in [4.78, 5) is 8.10. The molecule has 14 heavy (non-hydrogen) atoms. The van der Waals surface area contributed by atoms with Crippen LogP contribution >= 0.6 is 0 Å². The molecule has 6 heteroatoms. The van der Waals surface area contributed by atoms with Gasteiger partial charge in [0.05, 0.1) is 6.20 Å². The van der Waals surface area contributed by atoms with E-state index in [1.54, 1.807) is 10.9 Å². The van der Waals surface area contributed by atoms with E-state index >= 15 is 0 Å². The fourth-order valence-corrected chi connectivity index (χ4v) is 1.21. The lowest BCUT2D eigenvalue weighted by molar-refractivity contribution is 0.319. The quantitative estimate of drug-likeness (QED) is 0.724. The molecule has 2 rings (SSSR count). The molecule has 0 aromatic carbocycles. The highest BCUT2D eigenvalue weighted by molar-refractivity contribution is 5.79. The van der Waals surface area contributed by atoms with Crippen LogP contribution in [0.5, 0.6) is 5.88 Å². The summed E-state index contributed by atoms with van der Waals surface area (Å²) >= 11 is 0. The summed E-state index contributed by atoms with van der Waals surface area (Å²) in [5.41, 5.74) is 6.09. The molecule has 0 saturated heterocycles. The summed E-state index contributed by atoms with van der Waals surface area (Å²) < 4.78 is 7.03. The molecule has 0 saturated carbocycles. The van der Waals surface area contributed by atoms with E-state index in [9.17, 15) is 0 Å². The van der Waals surface area contributed by atoms with E-state index in [-0.39, 0.29) is 0 Å². The monoisotopic (exact) mass is 193 g/mol. The van der Waals surface area contributed by atoms with Crippen molar-refractivity contribution < 1.29 is 4.74 Å². The highest BCUT2D eigenvalue weighted by atomic mass is 16.5. The van der Waals surface area contributed by atoms with Gasteiger partial charge >= 0.3 is 0 Å². The average Bonchev–Trinajstić information content (AvgIpc) is 2.58. The van der Waals surface area contributed by atoms with E-state index in [1.165, 1.54) is 6.33 Å². The summed E-state index contributed by atoms with van der Waals surface area (Å²) in [6, 6.07) is 0. The highest BCUT2D eigenvalue weighted by Crippen LogP contribution is 2.19. The molecule has 2 aromatic rings. The number of nitrogens with zero attached hydrogens (tertiary/aromatic N) is 4. The SMILES string of the molecule is Cn1ncc2c(OCCN)ncnc21. The van der Waals surface area contributed by atoms with E-state index in [0.29, 0.717) is 19.0 Å². The van der Waals surface area contributed by atoms with E-state index in [2.05, 4.69) is 15.1 Å². The Balaban J connectivity index is 2.44. The zero-order valence-electron chi connectivity index (χ0n) is 7.84. The lowest BCUT2D eigenvalue weighted by Gasteiger charge is -2.03. The van der Waals surface area contributed by atoms with Gasteiger partial charge in [-0.15, -0.1) is 0 Å². The van der Waals surface area contributed by atoms with Gasteiger partial charge in [-0.25, -0.2) is 9.97 Å². The Kier molecular flexibility index (Phi) is 2.28. The molecular weight excluding hydrogens is 182 g/mol. The average molecular weight is 193 g/mol. The Bertz CT molecular complexity index is 438. The van der Waals surface area contributed by atoms with Crippen molar-refractivity contribution in [3.05, 3.63) is 12.5 Å². The fraction of sp³-hybridized carbons (Fsp3) is 0.375. The van der Waals surface area contributed by atoms with Crippen LogP contribution in [0.2, 0.25) is 0 Å². The summed E-state index contributed by atoms with van der Waals surface area (Å²) in [6.45, 7) is 0.909. The summed E-state index contributed by atoms with van der Waals surface area (Å²) in [5.74, 6) is 0.536. The number of aryl methyl sites for hydroxylation is 1. The lowest BCUT2D eigenvalue weighted by atomic mass is 10.4. The predicted molar refractivity (Wildman–Crippen MR) is 50.9 cm³/mol. The highest BCUT2D eigenvalue weighted by Gasteiger charge is 2.07. The first-order chi connectivity index (χ1) is 6.83. The zero-order valence-corrected chi connectivity index (χ0v) is 7.84. The molecule has 2 heterocycles. The van der Waals surface area contributed by atoms with Crippen molar-refractivity contribution in [2.75, 3.05) is 13.2 Å². The minimum absolute atomic E-state index is 0.445. The zero-order chi connectivity index (χ0) is 9.97. The minimum Gasteiger partial charge on any atom is -0.476 e. The predicted octanol–water partition coefficient (Wildman–Crippen LogP) is -0.299. The third kappa shape index (κ3) is 1.39. The van der Waals surface area contributed by atoms with Crippen LogP contribution in [0.3, 0.4) is 0 Å². The lowest BCUT2D eigenvalue weighted by Crippen LogP contribution is -2.11. The van der Waals surface area contributed by atoms with Gasteiger partial charge in [-0.3, -0.25) is 4.68 Å². The van der Waals surface area contributed by atoms with Crippen molar-refractivity contribution in [3.8, 4) is 5.88 Å². The van der Waals surface area contributed by atoms with Gasteiger partial charge in [0.15, 0.2) is 5.65 Å². The standard InChI is InChI=1S/C8H11N5O/c1-13-7-6(4-12-13)8(11-5-10-7)14-3-2-9/h4-5H,2-3,9H2,1H3. The van der Waals surface area contributed by atoms with E-state index in [0.717, 1.165) is 11.0 Å². The van der Waals surface area contributed by atoms with Gasteiger partial charge in [0.1, 0.15) is 18.3 Å². The summed E-state index contributed by atoms with van der Waals surface area (Å²) in [5, 5.41) is 4.88. The Morgan fingerprint density at radius 2 is 2.36 bits per heavy atom. The Labute approximate surface area is 80.7 Å². The van der Waals surface area contributed by atoms with Crippen molar-refractivity contribution in [3.63, 3.8) is 0 Å². The van der Waals surface area contributed by atoms with Crippen molar-refractivity contribution >= 4 is 11.0 Å². The second-order valence-electron chi connectivity index (χ2n) is 2.82. The normalized spacial score (nSPS) is 10.7. The molecular formula is C8H11N5O. The van der Waals surface area contributed by atoms with Crippen LogP contribution in [-0.2, 0) is 7.05 Å². The number of hydrogen-bond donors (Lipinski definition) is 1. The van der Waals surface area contributed by atoms with Crippen LogP contribution in [0.25, 0.3) is 11.0 Å². The van der Waals surface area contributed by atoms with Gasteiger partial charge in [-0.2, -0.15) is 5.10 Å². The van der Waals surface area contributed by atoms with Gasteiger partial charge in [0.25, 0.3) is 0 Å². The summed E-state index contributed by atoms with van der Waals surface area (Å²) in [6.07, 6.45) is 3.14. The van der Waals surface area contributed by atoms with Crippen LogP contribution in [-0.4, -0.2) is 32.9 Å². The third-order valence-electron chi connectivity index (χ3n) is 1.85. The van der Waals surface area contributed by atoms with Crippen molar-refractivity contribution in [2.45, 2.75) is 0 Å². The van der Waals surface area contributed by atoms with Crippen LogP contribution < -0.4 is 10.5 Å². The molecule has 0 amide bonds. The maximum absolute atomic E-state index is 5.35. The van der Waals surface area contributed by atoms with Gasteiger partial charge in [-0.1, -0.05) is 0 Å². The van der Waals surface area contributed by atoms with Crippen molar-refractivity contribution in [1.29, 1.82) is 0 Å². The topological polar surface area (TPSA) is 78.9 Å². The molecule has 0 fully saturated rings. The van der Waals surface area contributed by atoms with E-state index in [4.69, 9.17) is 10.5 Å². The van der Waals surface area contributed by atoms with Gasteiger partial charge in [0.2, 0.25) is 5.88 Å². The number of ether oxygens (including phenoxy) is 1. The number of rotatable bonds is 3. The van der Waals surface area contributed by atoms with Gasteiger partial charge in [0, 0.05) is 13.6 Å². The molecule has 0 radical (unpaired) electrons. The van der Waals surface area contributed by atoms with Crippen molar-refractivity contribution in [2.24, 2.45) is 12.8 Å². The molecule has 0 aliphatic heterocycles. The first-order valence-corrected chi connectivity index (χ1v) is 4.28. The van der Waals surface area contributed by atoms with E-state index < -0.39 is 0 Å². The third-order valence-corrected chi connectivity index (χ3v) is 1.85. The van der Waals surface area contributed by atoms with Crippen LogP contribution in [0, 0.1) is 0 Å². The maximum atomic E-state index is 5.35. The molecule has 2 aromatic heterocycles. The Morgan fingerprint density at radius 3 is 3.14 bits per heavy atom. The number of hydrogen-bond acceptors (Lipinski definition) is 5.